The van der Waals surface area contributed by atoms with E-state index in [-0.39, 0.29) is 0 Å². The summed E-state index contributed by atoms with van der Waals surface area (Å²) in [6.45, 7) is 2.06. The van der Waals surface area contributed by atoms with Crippen LogP contribution in [0.1, 0.15) is 82.4 Å². The van der Waals surface area contributed by atoms with Crippen molar-refractivity contribution in [2.75, 3.05) is 5.73 Å². The van der Waals surface area contributed by atoms with E-state index in [4.69, 9.17) is 5.73 Å². The maximum atomic E-state index is 6.24. The van der Waals surface area contributed by atoms with E-state index >= 15 is 0 Å². The molecular weight excluding hydrogens is 361 g/mol. The molecule has 0 atom stereocenters. The van der Waals surface area contributed by atoms with Crippen molar-refractivity contribution in [3.8, 4) is 0 Å². The smallest absolute Gasteiger partial charge is 0.135 e. The largest absolute Gasteiger partial charge is 0.383 e. The lowest BCUT2D eigenvalue weighted by atomic mass is 9.98. The Morgan fingerprint density at radius 1 is 0.950 bits per heavy atom. The number of hydrogen-bond acceptors (Lipinski definition) is 2. The number of anilines is 1. The minimum Gasteiger partial charge on any atom is -0.383 e. The number of halogens is 1. The molecule has 1 aliphatic rings. The molecule has 1 saturated carbocycles. The Kier molecular flexibility index (Phi) is 6.65. The van der Waals surface area contributed by atoms with Crippen LogP contribution in [0, 0.1) is 10.5 Å². The number of hydrogen-bond donors (Lipinski definition) is 1. The molecule has 2 N–H and O–H groups in total. The average Bonchev–Trinajstić information content (AvgIpc) is 2.67. The lowest BCUT2D eigenvalue weighted by Gasteiger charge is -2.19. The lowest BCUT2D eigenvalue weighted by molar-refractivity contribution is 0.364. The first-order chi connectivity index (χ1) is 9.70. The highest BCUT2D eigenvalue weighted by molar-refractivity contribution is 14.1. The van der Waals surface area contributed by atoms with Crippen LogP contribution in [-0.4, -0.2) is 9.78 Å². The molecule has 0 spiro atoms. The Morgan fingerprint density at radius 2 is 1.40 bits per heavy atom. The van der Waals surface area contributed by atoms with Crippen LogP contribution in [0.25, 0.3) is 0 Å². The molecule has 0 bridgehead atoms. The summed E-state index contributed by atoms with van der Waals surface area (Å²) in [7, 11) is 0. The van der Waals surface area contributed by atoms with Crippen molar-refractivity contribution in [3.63, 3.8) is 0 Å². The molecular formula is C16H28IN3. The molecule has 20 heavy (non-hydrogen) atoms. The van der Waals surface area contributed by atoms with Crippen LogP contribution in [0.2, 0.25) is 0 Å². The zero-order valence-electron chi connectivity index (χ0n) is 12.7. The zero-order chi connectivity index (χ0) is 14.4. The van der Waals surface area contributed by atoms with Gasteiger partial charge in [-0.2, -0.15) is 5.10 Å². The van der Waals surface area contributed by atoms with Crippen molar-refractivity contribution >= 4 is 28.4 Å². The SMILES string of the molecule is Cc1nn(C2CCCCCCCCCCC2)c(N)c1I. The van der Waals surface area contributed by atoms with Crippen LogP contribution in [0.15, 0.2) is 0 Å². The topological polar surface area (TPSA) is 43.8 Å². The van der Waals surface area contributed by atoms with Gasteiger partial charge in [0.2, 0.25) is 0 Å². The van der Waals surface area contributed by atoms with Crippen molar-refractivity contribution in [3.05, 3.63) is 9.26 Å². The van der Waals surface area contributed by atoms with E-state index in [9.17, 15) is 0 Å². The number of nitrogens with zero attached hydrogens (tertiary/aromatic N) is 2. The number of nitrogen functional groups attached to an aromatic ring is 1. The van der Waals surface area contributed by atoms with Crippen LogP contribution in [0.4, 0.5) is 5.82 Å². The number of nitrogens with two attached hydrogens (primary N) is 1. The Morgan fingerprint density at radius 3 is 1.80 bits per heavy atom. The molecule has 2 rings (SSSR count). The fraction of sp³-hybridized carbons (Fsp3) is 0.812. The highest BCUT2D eigenvalue weighted by atomic mass is 127. The molecule has 114 valence electrons. The molecule has 0 amide bonds. The first-order valence-electron chi connectivity index (χ1n) is 8.20. The van der Waals surface area contributed by atoms with Gasteiger partial charge in [-0.05, 0) is 42.4 Å². The molecule has 1 heterocycles. The third kappa shape index (κ3) is 4.37. The summed E-state index contributed by atoms with van der Waals surface area (Å²) in [5.41, 5.74) is 7.32. The molecule has 0 saturated heterocycles. The average molecular weight is 389 g/mol. The third-order valence-corrected chi connectivity index (χ3v) is 5.80. The second kappa shape index (κ2) is 8.25. The van der Waals surface area contributed by atoms with Gasteiger partial charge < -0.3 is 5.73 Å². The molecule has 3 nitrogen and oxygen atoms in total. The highest BCUT2D eigenvalue weighted by Gasteiger charge is 2.18. The Hall–Kier alpha value is -0.260. The maximum Gasteiger partial charge on any atom is 0.135 e. The number of aromatic nitrogens is 2. The van der Waals surface area contributed by atoms with Gasteiger partial charge in [0.25, 0.3) is 0 Å². The second-order valence-corrected chi connectivity index (χ2v) is 7.22. The van der Waals surface area contributed by atoms with Crippen LogP contribution in [0.3, 0.4) is 0 Å². The molecule has 1 aromatic heterocycles. The van der Waals surface area contributed by atoms with Gasteiger partial charge in [0.1, 0.15) is 5.82 Å². The van der Waals surface area contributed by atoms with Crippen LogP contribution in [0.5, 0.6) is 0 Å². The summed E-state index contributed by atoms with van der Waals surface area (Å²) in [4.78, 5) is 0. The van der Waals surface area contributed by atoms with Gasteiger partial charge >= 0.3 is 0 Å². The van der Waals surface area contributed by atoms with Crippen molar-refractivity contribution < 1.29 is 0 Å². The minimum absolute atomic E-state index is 0.511. The van der Waals surface area contributed by atoms with E-state index in [0.29, 0.717) is 6.04 Å². The normalized spacial score (nSPS) is 20.3. The van der Waals surface area contributed by atoms with Crippen LogP contribution < -0.4 is 5.73 Å². The van der Waals surface area contributed by atoms with Crippen LogP contribution >= 0.6 is 22.6 Å². The number of aryl methyl sites for hydroxylation is 1. The van der Waals surface area contributed by atoms with Crippen molar-refractivity contribution in [2.24, 2.45) is 0 Å². The second-order valence-electron chi connectivity index (χ2n) is 6.14. The summed E-state index contributed by atoms with van der Waals surface area (Å²) in [5.74, 6) is 0.875. The predicted octanol–water partition coefficient (Wildman–Crippen LogP) is 5.22. The van der Waals surface area contributed by atoms with Gasteiger partial charge in [0, 0.05) is 0 Å². The highest BCUT2D eigenvalue weighted by Crippen LogP contribution is 2.29. The quantitative estimate of drug-likeness (QED) is 0.669. The Bertz CT molecular complexity index is 402. The third-order valence-electron chi connectivity index (χ3n) is 4.47. The van der Waals surface area contributed by atoms with E-state index < -0.39 is 0 Å². The van der Waals surface area contributed by atoms with Crippen molar-refractivity contribution in [1.29, 1.82) is 0 Å². The van der Waals surface area contributed by atoms with E-state index in [1.165, 1.54) is 70.6 Å². The summed E-state index contributed by atoms with van der Waals surface area (Å²) in [6.07, 6.45) is 14.9. The lowest BCUT2D eigenvalue weighted by Crippen LogP contribution is -2.14. The van der Waals surface area contributed by atoms with E-state index in [0.717, 1.165) is 15.1 Å². The van der Waals surface area contributed by atoms with Crippen molar-refractivity contribution in [1.82, 2.24) is 9.78 Å². The van der Waals surface area contributed by atoms with Gasteiger partial charge in [-0.25, -0.2) is 4.68 Å². The predicted molar refractivity (Wildman–Crippen MR) is 93.9 cm³/mol. The van der Waals surface area contributed by atoms with Crippen molar-refractivity contribution in [2.45, 2.75) is 83.6 Å². The van der Waals surface area contributed by atoms with Gasteiger partial charge in [0.15, 0.2) is 0 Å². The Labute approximate surface area is 136 Å². The van der Waals surface area contributed by atoms with Gasteiger partial charge in [-0.3, -0.25) is 0 Å². The monoisotopic (exact) mass is 389 g/mol. The standard InChI is InChI=1S/C16H28IN3/c1-13-15(17)16(18)20(19-13)14-11-9-7-5-3-2-4-6-8-10-12-14/h14H,2-12,18H2,1H3. The molecule has 1 aliphatic carbocycles. The fourth-order valence-corrected chi connectivity index (χ4v) is 3.56. The summed E-state index contributed by atoms with van der Waals surface area (Å²) < 4.78 is 3.25. The molecule has 4 heteroatoms. The minimum atomic E-state index is 0.511. The summed E-state index contributed by atoms with van der Waals surface area (Å²) in [5, 5.41) is 4.69. The van der Waals surface area contributed by atoms with E-state index in [1.807, 2.05) is 0 Å². The fourth-order valence-electron chi connectivity index (χ4n) is 3.21. The molecule has 1 fully saturated rings. The first kappa shape index (κ1) is 16.1. The molecule has 0 aliphatic heterocycles. The summed E-state index contributed by atoms with van der Waals surface area (Å²) >= 11 is 2.32. The molecule has 0 aromatic carbocycles. The van der Waals surface area contributed by atoms with E-state index in [2.05, 4.69) is 39.3 Å². The first-order valence-corrected chi connectivity index (χ1v) is 9.28. The summed E-state index contributed by atoms with van der Waals surface area (Å²) in [6, 6.07) is 0.511. The van der Waals surface area contributed by atoms with E-state index in [1.54, 1.807) is 0 Å². The molecule has 0 radical (unpaired) electrons. The maximum absolute atomic E-state index is 6.24. The molecule has 1 aromatic rings. The van der Waals surface area contributed by atoms with Gasteiger partial charge in [-0.15, -0.1) is 0 Å². The molecule has 0 unspecified atom stereocenters. The number of rotatable bonds is 1. The van der Waals surface area contributed by atoms with Crippen LogP contribution in [-0.2, 0) is 0 Å². The van der Waals surface area contributed by atoms with Gasteiger partial charge in [0.05, 0.1) is 15.3 Å². The zero-order valence-corrected chi connectivity index (χ0v) is 14.9. The Balaban J connectivity index is 2.03. The van der Waals surface area contributed by atoms with Gasteiger partial charge in [-0.1, -0.05) is 57.8 Å².